The monoisotopic (exact) mass is 358 g/mol. The molecule has 23 heavy (non-hydrogen) atoms. The summed E-state index contributed by atoms with van der Waals surface area (Å²) in [7, 11) is 0. The van der Waals surface area contributed by atoms with E-state index in [-0.39, 0.29) is 11.0 Å². The fourth-order valence-electron chi connectivity index (χ4n) is 2.28. The number of carbonyl (C=O) groups excluding carboxylic acids is 1. The second kappa shape index (κ2) is 7.82. The molecule has 1 aromatic heterocycles. The lowest BCUT2D eigenvalue weighted by atomic mass is 10.0. The van der Waals surface area contributed by atoms with Gasteiger partial charge in [-0.25, -0.2) is 0 Å². The number of Topliss-reactive ketones (excluding diaryl/α,β-unsaturated/α-hetero) is 1. The summed E-state index contributed by atoms with van der Waals surface area (Å²) in [6.07, 6.45) is 0.470. The lowest BCUT2D eigenvalue weighted by molar-refractivity contribution is 0.0982. The van der Waals surface area contributed by atoms with Gasteiger partial charge in [-0.2, -0.15) is 11.3 Å². The quantitative estimate of drug-likeness (QED) is 0.369. The Bertz CT molecular complexity index is 752. The largest absolute Gasteiger partial charge is 0.294 e. The van der Waals surface area contributed by atoms with Crippen LogP contribution in [0.15, 0.2) is 76.3 Å². The summed E-state index contributed by atoms with van der Waals surface area (Å²) in [6.45, 7) is 0. The van der Waals surface area contributed by atoms with Crippen LogP contribution in [0.2, 0.25) is 5.02 Å². The van der Waals surface area contributed by atoms with Crippen molar-refractivity contribution in [1.82, 2.24) is 0 Å². The van der Waals surface area contributed by atoms with Crippen LogP contribution in [-0.2, 0) is 0 Å². The number of ketones is 1. The molecular formula is C19H15ClOS2. The molecular weight excluding hydrogens is 344 g/mol. The lowest BCUT2D eigenvalue weighted by Gasteiger charge is -2.16. The van der Waals surface area contributed by atoms with Gasteiger partial charge in [0.05, 0.1) is 0 Å². The summed E-state index contributed by atoms with van der Waals surface area (Å²) in [5.74, 6) is 0.176. The second-order valence-electron chi connectivity index (χ2n) is 5.11. The van der Waals surface area contributed by atoms with E-state index in [0.717, 1.165) is 16.0 Å². The number of hydrogen-bond acceptors (Lipinski definition) is 3. The minimum absolute atomic E-state index is 0.0714. The molecule has 1 atom stereocenters. The first-order valence-corrected chi connectivity index (χ1v) is 9.45. The van der Waals surface area contributed by atoms with E-state index in [9.17, 15) is 4.79 Å². The smallest absolute Gasteiger partial charge is 0.165 e. The summed E-state index contributed by atoms with van der Waals surface area (Å²) in [4.78, 5) is 13.7. The highest BCUT2D eigenvalue weighted by atomic mass is 35.5. The van der Waals surface area contributed by atoms with E-state index in [1.807, 2.05) is 59.3 Å². The van der Waals surface area contributed by atoms with Crippen LogP contribution < -0.4 is 0 Å². The number of hydrogen-bond donors (Lipinski definition) is 0. The maximum Gasteiger partial charge on any atom is 0.165 e. The van der Waals surface area contributed by atoms with Crippen molar-refractivity contribution < 1.29 is 4.79 Å². The molecule has 1 heterocycles. The third-order valence-corrected chi connectivity index (χ3v) is 5.68. The molecule has 1 unspecified atom stereocenters. The van der Waals surface area contributed by atoms with Crippen molar-refractivity contribution in [2.75, 3.05) is 0 Å². The Kier molecular flexibility index (Phi) is 5.55. The van der Waals surface area contributed by atoms with Crippen molar-refractivity contribution in [3.8, 4) is 0 Å². The minimum Gasteiger partial charge on any atom is -0.294 e. The summed E-state index contributed by atoms with van der Waals surface area (Å²) < 4.78 is 0. The summed E-state index contributed by atoms with van der Waals surface area (Å²) in [5, 5.41) is 4.63. The minimum atomic E-state index is 0.0714. The molecule has 0 amide bonds. The van der Waals surface area contributed by atoms with Gasteiger partial charge in [-0.3, -0.25) is 4.79 Å². The van der Waals surface area contributed by atoms with Gasteiger partial charge in [0, 0.05) is 32.5 Å². The van der Waals surface area contributed by atoms with Gasteiger partial charge >= 0.3 is 0 Å². The van der Waals surface area contributed by atoms with Crippen LogP contribution in [-0.4, -0.2) is 5.78 Å². The first-order chi connectivity index (χ1) is 11.2. The average Bonchev–Trinajstić information content (AvgIpc) is 3.10. The molecule has 0 bridgehead atoms. The van der Waals surface area contributed by atoms with Crippen LogP contribution in [0, 0.1) is 0 Å². The van der Waals surface area contributed by atoms with Gasteiger partial charge in [0.2, 0.25) is 0 Å². The van der Waals surface area contributed by atoms with Crippen molar-refractivity contribution in [3.63, 3.8) is 0 Å². The highest BCUT2D eigenvalue weighted by Crippen LogP contribution is 2.39. The molecule has 0 saturated heterocycles. The number of halogens is 1. The molecule has 0 radical (unpaired) electrons. The van der Waals surface area contributed by atoms with Crippen LogP contribution in [0.3, 0.4) is 0 Å². The zero-order valence-corrected chi connectivity index (χ0v) is 14.7. The molecule has 1 nitrogen and oxygen atoms in total. The van der Waals surface area contributed by atoms with E-state index in [1.165, 1.54) is 0 Å². The SMILES string of the molecule is O=C(CC(Sc1ccccc1)c1ccc(Cl)cc1)c1ccsc1. The van der Waals surface area contributed by atoms with Gasteiger partial charge in [-0.1, -0.05) is 41.9 Å². The van der Waals surface area contributed by atoms with E-state index in [0.29, 0.717) is 11.4 Å². The Balaban J connectivity index is 1.83. The topological polar surface area (TPSA) is 17.1 Å². The van der Waals surface area contributed by atoms with Crippen molar-refractivity contribution >= 4 is 40.5 Å². The van der Waals surface area contributed by atoms with Crippen molar-refractivity contribution in [2.24, 2.45) is 0 Å². The normalized spacial score (nSPS) is 12.0. The van der Waals surface area contributed by atoms with E-state index >= 15 is 0 Å². The van der Waals surface area contributed by atoms with Gasteiger partial charge in [0.1, 0.15) is 0 Å². The third-order valence-electron chi connectivity index (χ3n) is 3.48. The Morgan fingerprint density at radius 2 is 1.78 bits per heavy atom. The van der Waals surface area contributed by atoms with Crippen molar-refractivity contribution in [3.05, 3.63) is 87.6 Å². The molecule has 3 aromatic rings. The van der Waals surface area contributed by atoms with Crippen molar-refractivity contribution in [2.45, 2.75) is 16.6 Å². The van der Waals surface area contributed by atoms with E-state index < -0.39 is 0 Å². The van der Waals surface area contributed by atoms with Crippen LogP contribution in [0.4, 0.5) is 0 Å². The van der Waals surface area contributed by atoms with E-state index in [1.54, 1.807) is 23.1 Å². The molecule has 0 spiro atoms. The fraction of sp³-hybridized carbons (Fsp3) is 0.105. The molecule has 0 aliphatic carbocycles. The Labute approximate surface area is 149 Å². The Morgan fingerprint density at radius 1 is 1.04 bits per heavy atom. The summed E-state index contributed by atoms with van der Waals surface area (Å²) in [6, 6.07) is 19.8. The number of carbonyl (C=O) groups is 1. The molecule has 2 aromatic carbocycles. The van der Waals surface area contributed by atoms with Crippen LogP contribution in [0.25, 0.3) is 0 Å². The molecule has 0 aliphatic heterocycles. The predicted molar refractivity (Wildman–Crippen MR) is 99.8 cm³/mol. The molecule has 3 rings (SSSR count). The maximum atomic E-state index is 12.5. The number of thiophene rings is 1. The summed E-state index contributed by atoms with van der Waals surface area (Å²) in [5.41, 5.74) is 1.91. The Hall–Kier alpha value is -1.55. The van der Waals surface area contributed by atoms with Crippen LogP contribution >= 0.6 is 34.7 Å². The molecule has 116 valence electrons. The molecule has 0 aliphatic rings. The maximum absolute atomic E-state index is 12.5. The lowest BCUT2D eigenvalue weighted by Crippen LogP contribution is -2.04. The van der Waals surface area contributed by atoms with Gasteiger partial charge in [-0.05, 0) is 41.3 Å². The molecule has 0 N–H and O–H groups in total. The van der Waals surface area contributed by atoms with Gasteiger partial charge in [-0.15, -0.1) is 11.8 Å². The zero-order chi connectivity index (χ0) is 16.1. The molecule has 4 heteroatoms. The predicted octanol–water partition coefficient (Wildman–Crippen LogP) is 6.51. The van der Waals surface area contributed by atoms with Crippen LogP contribution in [0.1, 0.15) is 27.6 Å². The van der Waals surface area contributed by atoms with Crippen molar-refractivity contribution in [1.29, 1.82) is 0 Å². The summed E-state index contributed by atoms with van der Waals surface area (Å²) >= 11 is 9.26. The van der Waals surface area contributed by atoms with E-state index in [4.69, 9.17) is 11.6 Å². The first-order valence-electron chi connectivity index (χ1n) is 7.25. The fourth-order valence-corrected chi connectivity index (χ4v) is 4.23. The third kappa shape index (κ3) is 4.47. The molecule has 0 fully saturated rings. The first kappa shape index (κ1) is 16.3. The Morgan fingerprint density at radius 3 is 2.43 bits per heavy atom. The van der Waals surface area contributed by atoms with Gasteiger partial charge in [0.25, 0.3) is 0 Å². The number of benzene rings is 2. The van der Waals surface area contributed by atoms with Crippen LogP contribution in [0.5, 0.6) is 0 Å². The van der Waals surface area contributed by atoms with Gasteiger partial charge < -0.3 is 0 Å². The zero-order valence-electron chi connectivity index (χ0n) is 12.3. The number of thioether (sulfide) groups is 1. The highest BCUT2D eigenvalue weighted by Gasteiger charge is 2.19. The average molecular weight is 359 g/mol. The second-order valence-corrected chi connectivity index (χ2v) is 7.60. The number of rotatable bonds is 6. The standard InChI is InChI=1S/C19H15ClOS2/c20-16-8-6-14(7-9-16)19(23-17-4-2-1-3-5-17)12-18(21)15-10-11-22-13-15/h1-11,13,19H,12H2. The van der Waals surface area contributed by atoms with Gasteiger partial charge in [0.15, 0.2) is 5.78 Å². The molecule has 0 saturated carbocycles. The van der Waals surface area contributed by atoms with E-state index in [2.05, 4.69) is 12.1 Å². The highest BCUT2D eigenvalue weighted by molar-refractivity contribution is 7.99.